The molecular formula is C17H24N4O3S. The fourth-order valence-corrected chi connectivity index (χ4v) is 4.19. The van der Waals surface area contributed by atoms with Crippen molar-refractivity contribution in [3.05, 3.63) is 27.0 Å². The third kappa shape index (κ3) is 3.69. The number of thiazole rings is 1. The second-order valence-corrected chi connectivity index (χ2v) is 7.44. The zero-order chi connectivity index (χ0) is 18.0. The van der Waals surface area contributed by atoms with Crippen molar-refractivity contribution in [2.45, 2.75) is 45.6 Å². The Labute approximate surface area is 150 Å². The van der Waals surface area contributed by atoms with Crippen LogP contribution in [0.3, 0.4) is 0 Å². The summed E-state index contributed by atoms with van der Waals surface area (Å²) in [5, 5.41) is 14.5. The Morgan fingerprint density at radius 2 is 2.28 bits per heavy atom. The SMILES string of the molecule is Cc1csc2nc(O)c(C(=O)NCCCN3CCCCC3C)c(=O)n12. The summed E-state index contributed by atoms with van der Waals surface area (Å²) < 4.78 is 1.36. The van der Waals surface area contributed by atoms with Crippen LogP contribution in [-0.4, -0.2) is 51.0 Å². The van der Waals surface area contributed by atoms with Gasteiger partial charge in [-0.05, 0) is 39.7 Å². The lowest BCUT2D eigenvalue weighted by molar-refractivity contribution is 0.0943. The lowest BCUT2D eigenvalue weighted by Gasteiger charge is -2.33. The summed E-state index contributed by atoms with van der Waals surface area (Å²) in [6.07, 6.45) is 4.55. The Morgan fingerprint density at radius 1 is 1.48 bits per heavy atom. The zero-order valence-corrected chi connectivity index (χ0v) is 15.4. The van der Waals surface area contributed by atoms with Gasteiger partial charge < -0.3 is 15.3 Å². The number of hydrogen-bond acceptors (Lipinski definition) is 6. The lowest BCUT2D eigenvalue weighted by Crippen LogP contribution is -2.39. The van der Waals surface area contributed by atoms with E-state index in [2.05, 4.69) is 22.1 Å². The first-order chi connectivity index (χ1) is 12.0. The first-order valence-electron chi connectivity index (χ1n) is 8.71. The van der Waals surface area contributed by atoms with Gasteiger partial charge in [0, 0.05) is 30.2 Å². The van der Waals surface area contributed by atoms with Crippen LogP contribution in [0, 0.1) is 6.92 Å². The van der Waals surface area contributed by atoms with E-state index in [9.17, 15) is 14.7 Å². The number of rotatable bonds is 5. The molecule has 136 valence electrons. The maximum atomic E-state index is 12.5. The van der Waals surface area contributed by atoms with Crippen molar-refractivity contribution in [1.82, 2.24) is 19.6 Å². The molecule has 2 N–H and O–H groups in total. The average molecular weight is 364 g/mol. The normalized spacial score (nSPS) is 18.6. The number of aromatic hydroxyl groups is 1. The van der Waals surface area contributed by atoms with Crippen molar-refractivity contribution in [3.8, 4) is 5.88 Å². The van der Waals surface area contributed by atoms with E-state index in [4.69, 9.17) is 0 Å². The Balaban J connectivity index is 1.62. The molecule has 1 amide bonds. The molecule has 0 spiro atoms. The number of piperidine rings is 1. The zero-order valence-electron chi connectivity index (χ0n) is 14.6. The Bertz CT molecular complexity index is 829. The number of fused-ring (bicyclic) bond motifs is 1. The van der Waals surface area contributed by atoms with Crippen molar-refractivity contribution in [2.75, 3.05) is 19.6 Å². The molecule has 1 fully saturated rings. The van der Waals surface area contributed by atoms with E-state index in [1.165, 1.54) is 35.0 Å². The molecular weight excluding hydrogens is 340 g/mol. The smallest absolute Gasteiger partial charge is 0.275 e. The van der Waals surface area contributed by atoms with Gasteiger partial charge in [-0.3, -0.25) is 14.0 Å². The summed E-state index contributed by atoms with van der Waals surface area (Å²) in [5.41, 5.74) is -0.112. The van der Waals surface area contributed by atoms with Crippen LogP contribution < -0.4 is 10.9 Å². The quantitative estimate of drug-likeness (QED) is 0.790. The van der Waals surface area contributed by atoms with Gasteiger partial charge in [0.1, 0.15) is 0 Å². The third-order valence-corrected chi connectivity index (χ3v) is 5.74. The first kappa shape index (κ1) is 17.9. The van der Waals surface area contributed by atoms with Gasteiger partial charge >= 0.3 is 0 Å². The first-order valence-corrected chi connectivity index (χ1v) is 9.59. The molecule has 0 saturated carbocycles. The van der Waals surface area contributed by atoms with Gasteiger partial charge in [-0.25, -0.2) is 0 Å². The maximum Gasteiger partial charge on any atom is 0.275 e. The number of carbonyl (C=O) groups excluding carboxylic acids is 1. The highest BCUT2D eigenvalue weighted by Crippen LogP contribution is 2.18. The van der Waals surface area contributed by atoms with Crippen LogP contribution in [0.2, 0.25) is 0 Å². The van der Waals surface area contributed by atoms with Gasteiger partial charge in [0.25, 0.3) is 11.5 Å². The summed E-state index contributed by atoms with van der Waals surface area (Å²) in [6, 6.07) is 0.589. The monoisotopic (exact) mass is 364 g/mol. The summed E-state index contributed by atoms with van der Waals surface area (Å²) in [7, 11) is 0. The molecule has 2 aromatic heterocycles. The second-order valence-electron chi connectivity index (χ2n) is 6.60. The van der Waals surface area contributed by atoms with E-state index in [1.54, 1.807) is 12.3 Å². The molecule has 1 aliphatic heterocycles. The minimum Gasteiger partial charge on any atom is -0.492 e. The number of aryl methyl sites for hydroxylation is 1. The molecule has 3 rings (SSSR count). The molecule has 1 aliphatic rings. The van der Waals surface area contributed by atoms with Gasteiger partial charge in [0.2, 0.25) is 5.88 Å². The number of carbonyl (C=O) groups is 1. The van der Waals surface area contributed by atoms with Crippen molar-refractivity contribution in [3.63, 3.8) is 0 Å². The van der Waals surface area contributed by atoms with Crippen LogP contribution in [0.25, 0.3) is 4.96 Å². The average Bonchev–Trinajstić information content (AvgIpc) is 2.94. The van der Waals surface area contributed by atoms with Gasteiger partial charge in [-0.2, -0.15) is 4.98 Å². The van der Waals surface area contributed by atoms with Gasteiger partial charge in [0.15, 0.2) is 10.5 Å². The molecule has 1 unspecified atom stereocenters. The summed E-state index contributed by atoms with van der Waals surface area (Å²) in [5.74, 6) is -1.07. The predicted octanol–water partition coefficient (Wildman–Crippen LogP) is 1.76. The second kappa shape index (κ2) is 7.53. The number of aromatic nitrogens is 2. The summed E-state index contributed by atoms with van der Waals surface area (Å²) in [6.45, 7) is 6.50. The van der Waals surface area contributed by atoms with E-state index < -0.39 is 17.3 Å². The highest BCUT2D eigenvalue weighted by molar-refractivity contribution is 7.15. The van der Waals surface area contributed by atoms with E-state index >= 15 is 0 Å². The van der Waals surface area contributed by atoms with Crippen molar-refractivity contribution < 1.29 is 9.90 Å². The van der Waals surface area contributed by atoms with E-state index in [0.717, 1.165) is 19.5 Å². The minimum absolute atomic E-state index is 0.287. The van der Waals surface area contributed by atoms with Crippen molar-refractivity contribution in [2.24, 2.45) is 0 Å². The molecule has 2 aromatic rings. The topological polar surface area (TPSA) is 86.9 Å². The Kier molecular flexibility index (Phi) is 5.39. The molecule has 0 aliphatic carbocycles. The summed E-state index contributed by atoms with van der Waals surface area (Å²) >= 11 is 1.25. The van der Waals surface area contributed by atoms with Gasteiger partial charge in [0.05, 0.1) is 0 Å². The maximum absolute atomic E-state index is 12.5. The van der Waals surface area contributed by atoms with Crippen LogP contribution in [0.4, 0.5) is 0 Å². The standard InChI is InChI=1S/C17H24N4O3S/c1-11-6-3-4-8-20(11)9-5-7-18-14(22)13-15(23)19-17-21(16(13)24)12(2)10-25-17/h10-11,23H,3-9H2,1-2H3,(H,18,22). The molecule has 1 saturated heterocycles. The predicted molar refractivity (Wildman–Crippen MR) is 97.6 cm³/mol. The number of hydrogen-bond donors (Lipinski definition) is 2. The van der Waals surface area contributed by atoms with Crippen molar-refractivity contribution >= 4 is 22.2 Å². The van der Waals surface area contributed by atoms with Gasteiger partial charge in [-0.15, -0.1) is 11.3 Å². The highest BCUT2D eigenvalue weighted by atomic mass is 32.1. The number of amides is 1. The van der Waals surface area contributed by atoms with Crippen molar-refractivity contribution in [1.29, 1.82) is 0 Å². The highest BCUT2D eigenvalue weighted by Gasteiger charge is 2.21. The van der Waals surface area contributed by atoms with Crippen LogP contribution in [0.5, 0.6) is 5.88 Å². The molecule has 0 radical (unpaired) electrons. The molecule has 1 atom stereocenters. The summed E-state index contributed by atoms with van der Waals surface area (Å²) in [4.78, 5) is 31.6. The molecule has 0 aromatic carbocycles. The molecule has 8 heteroatoms. The van der Waals surface area contributed by atoms with E-state index in [1.807, 2.05) is 0 Å². The lowest BCUT2D eigenvalue weighted by atomic mass is 10.0. The van der Waals surface area contributed by atoms with Crippen LogP contribution in [0.1, 0.15) is 48.7 Å². The fourth-order valence-electron chi connectivity index (χ4n) is 3.33. The molecule has 3 heterocycles. The van der Waals surface area contributed by atoms with Crippen LogP contribution >= 0.6 is 11.3 Å². The number of nitrogens with zero attached hydrogens (tertiary/aromatic N) is 3. The molecule has 25 heavy (non-hydrogen) atoms. The van der Waals surface area contributed by atoms with Crippen LogP contribution in [0.15, 0.2) is 10.2 Å². The van der Waals surface area contributed by atoms with E-state index in [-0.39, 0.29) is 5.56 Å². The van der Waals surface area contributed by atoms with Crippen LogP contribution in [-0.2, 0) is 0 Å². The molecule has 7 nitrogen and oxygen atoms in total. The molecule has 0 bridgehead atoms. The Morgan fingerprint density at radius 3 is 3.04 bits per heavy atom. The van der Waals surface area contributed by atoms with E-state index in [0.29, 0.717) is 23.2 Å². The Hall–Kier alpha value is -1.93. The largest absolute Gasteiger partial charge is 0.492 e. The fraction of sp³-hybridized carbons (Fsp3) is 0.588. The number of likely N-dealkylation sites (tertiary alicyclic amines) is 1. The number of nitrogens with one attached hydrogen (secondary N) is 1. The third-order valence-electron chi connectivity index (χ3n) is 4.80. The minimum atomic E-state index is -0.568. The van der Waals surface area contributed by atoms with Gasteiger partial charge in [-0.1, -0.05) is 6.42 Å².